The number of carbonyl (C=O) groups excluding carboxylic acids is 2. The second-order valence-corrected chi connectivity index (χ2v) is 8.76. The van der Waals surface area contributed by atoms with E-state index in [1.54, 1.807) is 46.1 Å². The summed E-state index contributed by atoms with van der Waals surface area (Å²) in [4.78, 5) is 47.2. The lowest BCUT2D eigenvalue weighted by atomic mass is 10.1. The molecule has 0 aliphatic rings. The summed E-state index contributed by atoms with van der Waals surface area (Å²) >= 11 is 0. The van der Waals surface area contributed by atoms with Crippen LogP contribution in [0, 0.1) is 27.7 Å². The number of esters is 1. The maximum Gasteiger partial charge on any atom is 0.378 e. The average Bonchev–Trinajstić information content (AvgIpc) is 3.51. The van der Waals surface area contributed by atoms with Gasteiger partial charge in [0.15, 0.2) is 6.61 Å². The summed E-state index contributed by atoms with van der Waals surface area (Å²) in [5, 5.41) is 4.11. The molecule has 0 amide bonds. The Morgan fingerprint density at radius 1 is 0.973 bits per heavy atom. The second-order valence-electron chi connectivity index (χ2n) is 8.76. The average molecular weight is 500 g/mol. The van der Waals surface area contributed by atoms with Crippen LogP contribution in [0.5, 0.6) is 0 Å². The van der Waals surface area contributed by atoms with E-state index in [9.17, 15) is 14.4 Å². The van der Waals surface area contributed by atoms with Gasteiger partial charge in [0.25, 0.3) is 17.2 Å². The Balaban J connectivity index is 1.42. The fourth-order valence-corrected chi connectivity index (χ4v) is 4.47. The number of Topliss-reactive ketones (excluding diaryl/α,β-unsaturated/α-hetero) is 1. The Labute approximate surface area is 211 Å². The molecule has 5 aromatic rings. The number of ether oxygens (including phenoxy) is 1. The molecule has 0 fully saturated rings. The number of para-hydroxylation sites is 1. The Morgan fingerprint density at radius 3 is 2.41 bits per heavy atom. The van der Waals surface area contributed by atoms with Gasteiger partial charge in [-0.05, 0) is 52.0 Å². The number of nitrogens with zero attached hydrogens (tertiary/aromatic N) is 7. The highest BCUT2D eigenvalue weighted by atomic mass is 16.5. The predicted molar refractivity (Wildman–Crippen MR) is 135 cm³/mol. The van der Waals surface area contributed by atoms with Crippen LogP contribution in [0.2, 0.25) is 0 Å². The van der Waals surface area contributed by atoms with E-state index in [4.69, 9.17) is 4.74 Å². The second kappa shape index (κ2) is 9.01. The molecule has 0 bridgehead atoms. The molecular formula is C26H25N7O4. The minimum Gasteiger partial charge on any atom is -0.451 e. The highest BCUT2D eigenvalue weighted by Crippen LogP contribution is 2.23. The van der Waals surface area contributed by atoms with Gasteiger partial charge < -0.3 is 9.30 Å². The van der Waals surface area contributed by atoms with Crippen LogP contribution in [0.3, 0.4) is 0 Å². The van der Waals surface area contributed by atoms with Crippen LogP contribution in [-0.4, -0.2) is 51.9 Å². The lowest BCUT2D eigenvalue weighted by molar-refractivity contribution is 0.0462. The molecule has 5 rings (SSSR count). The molecule has 0 spiro atoms. The molecule has 11 heteroatoms. The first-order valence-corrected chi connectivity index (χ1v) is 11.6. The third-order valence-electron chi connectivity index (χ3n) is 6.43. The molecular weight excluding hydrogens is 474 g/mol. The van der Waals surface area contributed by atoms with E-state index >= 15 is 0 Å². The Kier molecular flexibility index (Phi) is 5.82. The van der Waals surface area contributed by atoms with Gasteiger partial charge in [0.2, 0.25) is 5.78 Å². The summed E-state index contributed by atoms with van der Waals surface area (Å²) in [6, 6.07) is 12.8. The topological polar surface area (TPSA) is 118 Å². The van der Waals surface area contributed by atoms with Crippen molar-refractivity contribution >= 4 is 17.5 Å². The van der Waals surface area contributed by atoms with Gasteiger partial charge in [-0.1, -0.05) is 18.2 Å². The summed E-state index contributed by atoms with van der Waals surface area (Å²) in [7, 11) is 1.82. The zero-order valence-corrected chi connectivity index (χ0v) is 21.1. The molecule has 11 nitrogen and oxygen atoms in total. The lowest BCUT2D eigenvalue weighted by Crippen LogP contribution is -2.22. The summed E-state index contributed by atoms with van der Waals surface area (Å²) in [5.41, 5.74) is 4.12. The van der Waals surface area contributed by atoms with Gasteiger partial charge >= 0.3 is 5.97 Å². The smallest absolute Gasteiger partial charge is 0.378 e. The van der Waals surface area contributed by atoms with Crippen LogP contribution in [-0.2, 0) is 11.8 Å². The maximum absolute atomic E-state index is 13.5. The minimum atomic E-state index is -0.822. The first-order chi connectivity index (χ1) is 17.7. The van der Waals surface area contributed by atoms with Crippen molar-refractivity contribution in [3.63, 3.8) is 0 Å². The van der Waals surface area contributed by atoms with Crippen LogP contribution in [0.4, 0.5) is 0 Å². The van der Waals surface area contributed by atoms with Gasteiger partial charge in [0.05, 0.1) is 11.4 Å². The monoisotopic (exact) mass is 499 g/mol. The van der Waals surface area contributed by atoms with Crippen molar-refractivity contribution in [3.8, 4) is 11.4 Å². The molecule has 0 radical (unpaired) electrons. The zero-order valence-electron chi connectivity index (χ0n) is 21.1. The molecule has 0 N–H and O–H groups in total. The van der Waals surface area contributed by atoms with E-state index in [1.807, 2.05) is 51.2 Å². The van der Waals surface area contributed by atoms with Crippen molar-refractivity contribution in [2.24, 2.45) is 7.05 Å². The van der Waals surface area contributed by atoms with Gasteiger partial charge in [0, 0.05) is 35.9 Å². The molecule has 188 valence electrons. The van der Waals surface area contributed by atoms with Crippen molar-refractivity contribution in [3.05, 3.63) is 93.2 Å². The molecule has 4 aromatic heterocycles. The molecule has 0 unspecified atom stereocenters. The molecule has 0 aliphatic carbocycles. The number of ketones is 1. The van der Waals surface area contributed by atoms with Gasteiger partial charge in [0.1, 0.15) is 5.69 Å². The van der Waals surface area contributed by atoms with Crippen molar-refractivity contribution in [1.82, 2.24) is 33.5 Å². The van der Waals surface area contributed by atoms with E-state index < -0.39 is 18.4 Å². The number of carbonyl (C=O) groups is 2. The van der Waals surface area contributed by atoms with Crippen LogP contribution >= 0.6 is 0 Å². The molecule has 0 aliphatic heterocycles. The molecule has 37 heavy (non-hydrogen) atoms. The molecule has 0 saturated heterocycles. The van der Waals surface area contributed by atoms with Gasteiger partial charge in [-0.3, -0.25) is 14.3 Å². The minimum absolute atomic E-state index is 0.179. The number of hydrogen-bond donors (Lipinski definition) is 0. The first-order valence-electron chi connectivity index (χ1n) is 11.6. The highest BCUT2D eigenvalue weighted by Gasteiger charge is 2.25. The number of aryl methyl sites for hydroxylation is 2. The summed E-state index contributed by atoms with van der Waals surface area (Å²) < 4.78 is 11.8. The van der Waals surface area contributed by atoms with Crippen molar-refractivity contribution in [2.75, 3.05) is 6.61 Å². The molecule has 1 aromatic carbocycles. The summed E-state index contributed by atoms with van der Waals surface area (Å²) in [6.45, 7) is 6.76. The first kappa shape index (κ1) is 23.9. The fourth-order valence-electron chi connectivity index (χ4n) is 4.47. The van der Waals surface area contributed by atoms with Gasteiger partial charge in [-0.25, -0.2) is 19.0 Å². The molecule has 0 atom stereocenters. The van der Waals surface area contributed by atoms with E-state index in [1.165, 1.54) is 4.52 Å². The fraction of sp³-hybridized carbons (Fsp3) is 0.231. The standard InChI is InChI=1S/C26H25N7O4/c1-15-11-12-27-26-28-23(29-32(15)26)25(36)37-14-21(34)20-13-16(2)31(17(20)3)22-18(4)30(5)33(24(22)35)19-9-7-6-8-10-19/h6-13H,14H2,1-5H3. The Bertz CT molecular complexity index is 1740. The summed E-state index contributed by atoms with van der Waals surface area (Å²) in [6.07, 6.45) is 1.57. The van der Waals surface area contributed by atoms with E-state index in [0.717, 1.165) is 17.1 Å². The van der Waals surface area contributed by atoms with Gasteiger partial charge in [-0.2, -0.15) is 4.98 Å². The highest BCUT2D eigenvalue weighted by molar-refractivity contribution is 6.00. The lowest BCUT2D eigenvalue weighted by Gasteiger charge is -2.08. The van der Waals surface area contributed by atoms with Crippen LogP contribution < -0.4 is 5.56 Å². The van der Waals surface area contributed by atoms with E-state index in [2.05, 4.69) is 15.1 Å². The van der Waals surface area contributed by atoms with Crippen molar-refractivity contribution in [1.29, 1.82) is 0 Å². The molecule has 4 heterocycles. The number of aromatic nitrogens is 7. The van der Waals surface area contributed by atoms with Crippen LogP contribution in [0.25, 0.3) is 17.2 Å². The molecule has 0 saturated carbocycles. The predicted octanol–water partition coefficient (Wildman–Crippen LogP) is 2.68. The quantitative estimate of drug-likeness (QED) is 0.260. The Hall–Kier alpha value is -4.80. The van der Waals surface area contributed by atoms with Crippen LogP contribution in [0.1, 0.15) is 43.8 Å². The number of hydrogen-bond acceptors (Lipinski definition) is 7. The normalized spacial score (nSPS) is 11.3. The number of rotatable bonds is 6. The number of fused-ring (bicyclic) bond motifs is 1. The van der Waals surface area contributed by atoms with E-state index in [-0.39, 0.29) is 17.2 Å². The summed E-state index contributed by atoms with van der Waals surface area (Å²) in [5.74, 6) is -1.14. The SMILES string of the molecule is Cc1cc(C(=O)COC(=O)c2nc3nccc(C)n3n2)c(C)n1-c1c(C)n(C)n(-c2ccccc2)c1=O. The maximum atomic E-state index is 13.5. The van der Waals surface area contributed by atoms with Gasteiger partial charge in [-0.15, -0.1) is 5.10 Å². The van der Waals surface area contributed by atoms with Crippen LogP contribution in [0.15, 0.2) is 53.5 Å². The zero-order chi connectivity index (χ0) is 26.4. The van der Waals surface area contributed by atoms with Crippen molar-refractivity contribution in [2.45, 2.75) is 27.7 Å². The van der Waals surface area contributed by atoms with Crippen molar-refractivity contribution < 1.29 is 14.3 Å². The Morgan fingerprint density at radius 2 is 1.70 bits per heavy atom. The van der Waals surface area contributed by atoms with E-state index in [0.29, 0.717) is 22.6 Å². The number of benzene rings is 1. The largest absolute Gasteiger partial charge is 0.451 e. The third-order valence-corrected chi connectivity index (χ3v) is 6.43. The third kappa shape index (κ3) is 3.94.